The van der Waals surface area contributed by atoms with Crippen LogP contribution in [0.15, 0.2) is 60.7 Å². The first kappa shape index (κ1) is 22.1. The van der Waals surface area contributed by atoms with E-state index in [1.54, 1.807) is 6.07 Å². The van der Waals surface area contributed by atoms with Crippen LogP contribution in [0.1, 0.15) is 36.2 Å². The molecular formula is C27H30N6O. The molecule has 34 heavy (non-hydrogen) atoms. The molecule has 2 heterocycles. The van der Waals surface area contributed by atoms with Crippen LogP contribution in [0.2, 0.25) is 0 Å². The van der Waals surface area contributed by atoms with Crippen LogP contribution < -0.4 is 15.5 Å². The van der Waals surface area contributed by atoms with E-state index in [-0.39, 0.29) is 5.91 Å². The highest BCUT2D eigenvalue weighted by molar-refractivity contribution is 5.94. The summed E-state index contributed by atoms with van der Waals surface area (Å²) in [6.07, 6.45) is 4.17. The average Bonchev–Trinajstić information content (AvgIpc) is 2.87. The van der Waals surface area contributed by atoms with Gasteiger partial charge >= 0.3 is 0 Å². The van der Waals surface area contributed by atoms with Gasteiger partial charge in [0.25, 0.3) is 5.91 Å². The van der Waals surface area contributed by atoms with Crippen LogP contribution in [0.4, 0.5) is 11.8 Å². The summed E-state index contributed by atoms with van der Waals surface area (Å²) in [5.74, 6) is 1.97. The van der Waals surface area contributed by atoms with Gasteiger partial charge < -0.3 is 15.5 Å². The lowest BCUT2D eigenvalue weighted by molar-refractivity contribution is 0.0938. The second-order valence-electron chi connectivity index (χ2n) is 9.24. The SMILES string of the molecule is CN(C)c1nc(NC2CCC(CNC(=O)c3ccc4ccccc4n3)CC2)nc2ccccc12. The topological polar surface area (TPSA) is 83.0 Å². The first-order valence-corrected chi connectivity index (χ1v) is 11.9. The number of carbonyl (C=O) groups is 1. The average molecular weight is 455 g/mol. The lowest BCUT2D eigenvalue weighted by Gasteiger charge is -2.29. The molecule has 2 aromatic carbocycles. The molecule has 2 N–H and O–H groups in total. The second-order valence-corrected chi connectivity index (χ2v) is 9.24. The minimum atomic E-state index is -0.105. The molecule has 1 aliphatic rings. The van der Waals surface area contributed by atoms with Crippen molar-refractivity contribution >= 4 is 39.5 Å². The Balaban J connectivity index is 1.15. The van der Waals surface area contributed by atoms with Crippen LogP contribution in [-0.4, -0.2) is 47.5 Å². The van der Waals surface area contributed by atoms with Gasteiger partial charge in [-0.05, 0) is 55.9 Å². The molecule has 0 saturated heterocycles. The molecule has 0 atom stereocenters. The van der Waals surface area contributed by atoms with Crippen molar-refractivity contribution in [1.29, 1.82) is 0 Å². The minimum Gasteiger partial charge on any atom is -0.362 e. The van der Waals surface area contributed by atoms with Gasteiger partial charge in [0.05, 0.1) is 11.0 Å². The maximum absolute atomic E-state index is 12.6. The number of nitrogens with zero attached hydrogens (tertiary/aromatic N) is 4. The third-order valence-corrected chi connectivity index (χ3v) is 6.57. The van der Waals surface area contributed by atoms with E-state index < -0.39 is 0 Å². The fourth-order valence-corrected chi connectivity index (χ4v) is 4.68. The van der Waals surface area contributed by atoms with Crippen LogP contribution in [0, 0.1) is 5.92 Å². The molecule has 5 rings (SSSR count). The highest BCUT2D eigenvalue weighted by atomic mass is 16.1. The first-order chi connectivity index (χ1) is 16.6. The Morgan fingerprint density at radius 1 is 0.882 bits per heavy atom. The third-order valence-electron chi connectivity index (χ3n) is 6.57. The fraction of sp³-hybridized carbons (Fsp3) is 0.333. The standard InChI is InChI=1S/C27H30N6O/c1-33(2)25-21-8-4-6-10-23(21)31-27(32-25)29-20-14-11-18(12-15-20)17-28-26(34)24-16-13-19-7-3-5-9-22(19)30-24/h3-10,13,16,18,20H,11-12,14-15,17H2,1-2H3,(H,28,34)(H,29,31,32). The van der Waals surface area contributed by atoms with Crippen molar-refractivity contribution in [2.24, 2.45) is 5.92 Å². The van der Waals surface area contributed by atoms with Gasteiger partial charge in [0, 0.05) is 37.5 Å². The molecule has 4 aromatic rings. The molecule has 1 amide bonds. The van der Waals surface area contributed by atoms with Gasteiger partial charge in [-0.2, -0.15) is 4.98 Å². The van der Waals surface area contributed by atoms with Crippen LogP contribution in [0.3, 0.4) is 0 Å². The third kappa shape index (κ3) is 4.78. The van der Waals surface area contributed by atoms with Crippen molar-refractivity contribution in [3.8, 4) is 0 Å². The molecule has 1 fully saturated rings. The summed E-state index contributed by atoms with van der Waals surface area (Å²) in [5.41, 5.74) is 2.26. The van der Waals surface area contributed by atoms with Gasteiger partial charge in [-0.25, -0.2) is 9.97 Å². The lowest BCUT2D eigenvalue weighted by atomic mass is 9.86. The van der Waals surface area contributed by atoms with E-state index >= 15 is 0 Å². The number of pyridine rings is 1. The summed E-state index contributed by atoms with van der Waals surface area (Å²) in [5, 5.41) is 8.73. The van der Waals surface area contributed by atoms with Crippen molar-refractivity contribution in [2.75, 3.05) is 30.9 Å². The number of para-hydroxylation sites is 2. The van der Waals surface area contributed by atoms with E-state index in [1.165, 1.54) is 0 Å². The smallest absolute Gasteiger partial charge is 0.269 e. The van der Waals surface area contributed by atoms with Crippen molar-refractivity contribution in [3.05, 3.63) is 66.4 Å². The Bertz CT molecular complexity index is 1310. The van der Waals surface area contributed by atoms with Gasteiger partial charge in [-0.15, -0.1) is 0 Å². The van der Waals surface area contributed by atoms with Crippen LogP contribution >= 0.6 is 0 Å². The summed E-state index contributed by atoms with van der Waals surface area (Å²) < 4.78 is 0. The number of nitrogens with one attached hydrogen (secondary N) is 2. The van der Waals surface area contributed by atoms with E-state index in [0.29, 0.717) is 30.1 Å². The predicted molar refractivity (Wildman–Crippen MR) is 137 cm³/mol. The predicted octanol–water partition coefficient (Wildman–Crippen LogP) is 4.64. The highest BCUT2D eigenvalue weighted by Gasteiger charge is 2.23. The van der Waals surface area contributed by atoms with E-state index in [1.807, 2.05) is 67.5 Å². The number of rotatable bonds is 6. The number of aromatic nitrogens is 3. The van der Waals surface area contributed by atoms with Crippen LogP contribution in [-0.2, 0) is 0 Å². The molecule has 174 valence electrons. The molecule has 0 radical (unpaired) electrons. The summed E-state index contributed by atoms with van der Waals surface area (Å²) in [6, 6.07) is 20.0. The zero-order valence-electron chi connectivity index (χ0n) is 19.7. The largest absolute Gasteiger partial charge is 0.362 e. The normalized spacial score (nSPS) is 18.1. The Morgan fingerprint density at radius 3 is 2.41 bits per heavy atom. The Labute approximate surface area is 199 Å². The van der Waals surface area contributed by atoms with E-state index in [2.05, 4.69) is 21.7 Å². The van der Waals surface area contributed by atoms with Crippen LogP contribution in [0.5, 0.6) is 0 Å². The number of anilines is 2. The lowest BCUT2D eigenvalue weighted by Crippen LogP contribution is -2.34. The van der Waals surface area contributed by atoms with Crippen molar-refractivity contribution in [3.63, 3.8) is 0 Å². The maximum Gasteiger partial charge on any atom is 0.269 e. The summed E-state index contributed by atoms with van der Waals surface area (Å²) in [7, 11) is 4.01. The zero-order valence-corrected chi connectivity index (χ0v) is 19.7. The quantitative estimate of drug-likeness (QED) is 0.441. The number of carbonyl (C=O) groups excluding carboxylic acids is 1. The number of hydrogen-bond acceptors (Lipinski definition) is 6. The van der Waals surface area contributed by atoms with Gasteiger partial charge in [-0.3, -0.25) is 4.79 Å². The Kier molecular flexibility index (Phi) is 6.25. The Morgan fingerprint density at radius 2 is 1.62 bits per heavy atom. The molecule has 1 saturated carbocycles. The summed E-state index contributed by atoms with van der Waals surface area (Å²) in [6.45, 7) is 0.678. The zero-order chi connectivity index (χ0) is 23.5. The number of fused-ring (bicyclic) bond motifs is 2. The maximum atomic E-state index is 12.6. The van der Waals surface area contributed by atoms with E-state index in [9.17, 15) is 4.79 Å². The molecule has 2 aromatic heterocycles. The van der Waals surface area contributed by atoms with Crippen molar-refractivity contribution < 1.29 is 4.79 Å². The van der Waals surface area contributed by atoms with E-state index in [0.717, 1.165) is 53.3 Å². The Hall–Kier alpha value is -3.74. The minimum absolute atomic E-state index is 0.105. The highest BCUT2D eigenvalue weighted by Crippen LogP contribution is 2.28. The molecular weight excluding hydrogens is 424 g/mol. The number of benzene rings is 2. The molecule has 7 heteroatoms. The number of amides is 1. The van der Waals surface area contributed by atoms with Gasteiger partial charge in [0.15, 0.2) is 0 Å². The monoisotopic (exact) mass is 454 g/mol. The molecule has 0 unspecified atom stereocenters. The van der Waals surface area contributed by atoms with Crippen molar-refractivity contribution in [2.45, 2.75) is 31.7 Å². The summed E-state index contributed by atoms with van der Waals surface area (Å²) in [4.78, 5) is 28.7. The molecule has 0 spiro atoms. The number of hydrogen-bond donors (Lipinski definition) is 2. The molecule has 1 aliphatic carbocycles. The fourth-order valence-electron chi connectivity index (χ4n) is 4.68. The summed E-state index contributed by atoms with van der Waals surface area (Å²) >= 11 is 0. The molecule has 0 bridgehead atoms. The van der Waals surface area contributed by atoms with Gasteiger partial charge in [0.2, 0.25) is 5.95 Å². The molecule has 7 nitrogen and oxygen atoms in total. The van der Waals surface area contributed by atoms with Gasteiger partial charge in [-0.1, -0.05) is 36.4 Å². The van der Waals surface area contributed by atoms with Crippen molar-refractivity contribution in [1.82, 2.24) is 20.3 Å². The van der Waals surface area contributed by atoms with E-state index in [4.69, 9.17) is 9.97 Å². The molecule has 0 aliphatic heterocycles. The second kappa shape index (κ2) is 9.63. The van der Waals surface area contributed by atoms with Crippen LogP contribution in [0.25, 0.3) is 21.8 Å². The van der Waals surface area contributed by atoms with Gasteiger partial charge in [0.1, 0.15) is 11.5 Å². The first-order valence-electron chi connectivity index (χ1n) is 11.9.